The van der Waals surface area contributed by atoms with Gasteiger partial charge in [-0.05, 0) is 19.4 Å². The maximum atomic E-state index is 5.17. The van der Waals surface area contributed by atoms with E-state index in [1.807, 2.05) is 0 Å². The Balaban J connectivity index is 2.02. The molecule has 0 atom stereocenters. The molecule has 0 N–H and O–H groups in total. The molecule has 0 aromatic heterocycles. The summed E-state index contributed by atoms with van der Waals surface area (Å²) < 4.78 is 0. The molecule has 13 heavy (non-hydrogen) atoms. The van der Waals surface area contributed by atoms with Gasteiger partial charge < -0.3 is 0 Å². The van der Waals surface area contributed by atoms with Crippen LogP contribution in [0.3, 0.4) is 0 Å². The van der Waals surface area contributed by atoms with Crippen molar-refractivity contribution in [2.45, 2.75) is 19.3 Å². The van der Waals surface area contributed by atoms with E-state index in [4.69, 9.17) is 16.2 Å². The van der Waals surface area contributed by atoms with Gasteiger partial charge in [-0.2, -0.15) is 0 Å². The molecule has 3 heteroatoms. The number of terminal acetylenes is 1. The normalized spacial score (nSPS) is 19.3. The van der Waals surface area contributed by atoms with Crippen molar-refractivity contribution in [2.75, 3.05) is 32.8 Å². The van der Waals surface area contributed by atoms with Crippen LogP contribution in [0.15, 0.2) is 0 Å². The van der Waals surface area contributed by atoms with Gasteiger partial charge in [-0.25, -0.2) is 9.78 Å². The standard InChI is InChI=1S/C10H17NO2/c1-2-3-4-5-6-11-7-9-12-13-10-8-11/h1H,3-10H2. The van der Waals surface area contributed by atoms with Crippen LogP contribution in [0.25, 0.3) is 0 Å². The first-order chi connectivity index (χ1) is 6.43. The lowest BCUT2D eigenvalue weighted by molar-refractivity contribution is -0.284. The molecule has 1 aliphatic heterocycles. The largest absolute Gasteiger partial charge is 0.299 e. The maximum Gasteiger partial charge on any atom is 0.0949 e. The summed E-state index contributed by atoms with van der Waals surface area (Å²) in [4.78, 5) is 12.1. The van der Waals surface area contributed by atoms with Crippen LogP contribution >= 0.6 is 0 Å². The summed E-state index contributed by atoms with van der Waals surface area (Å²) in [7, 11) is 0. The van der Waals surface area contributed by atoms with Crippen molar-refractivity contribution < 1.29 is 9.78 Å². The zero-order valence-corrected chi connectivity index (χ0v) is 8.00. The highest BCUT2D eigenvalue weighted by atomic mass is 17.2. The minimum atomic E-state index is 0.676. The quantitative estimate of drug-likeness (QED) is 0.369. The summed E-state index contributed by atoms with van der Waals surface area (Å²) >= 11 is 0. The van der Waals surface area contributed by atoms with Gasteiger partial charge in [0.25, 0.3) is 0 Å². The van der Waals surface area contributed by atoms with Crippen LogP contribution in [-0.2, 0) is 9.78 Å². The van der Waals surface area contributed by atoms with Gasteiger partial charge in [-0.15, -0.1) is 12.3 Å². The number of hydrogen-bond acceptors (Lipinski definition) is 3. The minimum Gasteiger partial charge on any atom is -0.299 e. The van der Waals surface area contributed by atoms with Crippen LogP contribution in [0, 0.1) is 12.3 Å². The highest BCUT2D eigenvalue weighted by Gasteiger charge is 2.08. The molecular formula is C10H17NO2. The van der Waals surface area contributed by atoms with Crippen LogP contribution in [0.2, 0.25) is 0 Å². The fraction of sp³-hybridized carbons (Fsp3) is 0.800. The zero-order valence-electron chi connectivity index (χ0n) is 8.00. The molecule has 1 fully saturated rings. The third-order valence-electron chi connectivity index (χ3n) is 2.11. The van der Waals surface area contributed by atoms with E-state index in [9.17, 15) is 0 Å². The van der Waals surface area contributed by atoms with E-state index in [0.717, 1.165) is 32.5 Å². The molecule has 0 amide bonds. The van der Waals surface area contributed by atoms with E-state index >= 15 is 0 Å². The predicted octanol–water partition coefficient (Wildman–Crippen LogP) is 1.05. The van der Waals surface area contributed by atoms with Gasteiger partial charge in [0.2, 0.25) is 0 Å². The number of unbranched alkanes of at least 4 members (excludes halogenated alkanes) is 2. The summed E-state index contributed by atoms with van der Waals surface area (Å²) in [6.07, 6.45) is 8.35. The smallest absolute Gasteiger partial charge is 0.0949 e. The second-order valence-electron chi connectivity index (χ2n) is 3.15. The van der Waals surface area contributed by atoms with Crippen molar-refractivity contribution in [3.63, 3.8) is 0 Å². The molecule has 0 bridgehead atoms. The number of hydrogen-bond donors (Lipinski definition) is 0. The molecule has 0 aliphatic carbocycles. The van der Waals surface area contributed by atoms with Crippen molar-refractivity contribution >= 4 is 0 Å². The molecule has 0 aromatic rings. The Hall–Kier alpha value is -0.560. The minimum absolute atomic E-state index is 0.676. The zero-order chi connectivity index (χ0) is 9.36. The molecule has 0 saturated carbocycles. The summed E-state index contributed by atoms with van der Waals surface area (Å²) in [5.74, 6) is 2.65. The van der Waals surface area contributed by atoms with Gasteiger partial charge in [0.05, 0.1) is 13.2 Å². The first-order valence-corrected chi connectivity index (χ1v) is 4.83. The van der Waals surface area contributed by atoms with E-state index < -0.39 is 0 Å². The van der Waals surface area contributed by atoms with Crippen molar-refractivity contribution in [2.24, 2.45) is 0 Å². The fourth-order valence-corrected chi connectivity index (χ4v) is 1.35. The molecule has 3 nitrogen and oxygen atoms in total. The summed E-state index contributed by atoms with van der Waals surface area (Å²) in [5, 5.41) is 0. The van der Waals surface area contributed by atoms with Gasteiger partial charge in [0.1, 0.15) is 0 Å². The van der Waals surface area contributed by atoms with E-state index in [0.29, 0.717) is 13.2 Å². The van der Waals surface area contributed by atoms with Gasteiger partial charge in [-0.3, -0.25) is 4.90 Å². The molecule has 0 unspecified atom stereocenters. The molecule has 1 heterocycles. The highest BCUT2D eigenvalue weighted by molar-refractivity contribution is 4.82. The Morgan fingerprint density at radius 3 is 2.46 bits per heavy atom. The molecule has 1 saturated heterocycles. The average molecular weight is 183 g/mol. The lowest BCUT2D eigenvalue weighted by atomic mass is 10.2. The highest BCUT2D eigenvalue weighted by Crippen LogP contribution is 2.00. The van der Waals surface area contributed by atoms with Gasteiger partial charge >= 0.3 is 0 Å². The SMILES string of the molecule is C#CCCCCN1CCOOCC1. The third-order valence-corrected chi connectivity index (χ3v) is 2.11. The Morgan fingerprint density at radius 1 is 1.15 bits per heavy atom. The van der Waals surface area contributed by atoms with Crippen molar-refractivity contribution in [1.29, 1.82) is 0 Å². The van der Waals surface area contributed by atoms with Gasteiger partial charge in [0.15, 0.2) is 0 Å². The maximum absolute atomic E-state index is 5.17. The van der Waals surface area contributed by atoms with Crippen LogP contribution in [0.4, 0.5) is 0 Å². The first kappa shape index (κ1) is 10.5. The Kier molecular flexibility index (Phi) is 5.59. The topological polar surface area (TPSA) is 21.7 Å². The first-order valence-electron chi connectivity index (χ1n) is 4.83. The van der Waals surface area contributed by atoms with Gasteiger partial charge in [0, 0.05) is 19.5 Å². The second kappa shape index (κ2) is 6.90. The number of nitrogens with zero attached hydrogens (tertiary/aromatic N) is 1. The molecule has 0 aromatic carbocycles. The Labute approximate surface area is 79.9 Å². The average Bonchev–Trinajstić information content (AvgIpc) is 2.41. The summed E-state index contributed by atoms with van der Waals surface area (Å²) in [6.45, 7) is 4.39. The van der Waals surface area contributed by atoms with Crippen molar-refractivity contribution in [3.05, 3.63) is 0 Å². The van der Waals surface area contributed by atoms with Crippen molar-refractivity contribution in [1.82, 2.24) is 4.90 Å². The van der Waals surface area contributed by atoms with Crippen molar-refractivity contribution in [3.8, 4) is 12.3 Å². The van der Waals surface area contributed by atoms with Crippen LogP contribution in [0.5, 0.6) is 0 Å². The molecule has 1 rings (SSSR count). The van der Waals surface area contributed by atoms with Crippen LogP contribution in [0.1, 0.15) is 19.3 Å². The second-order valence-corrected chi connectivity index (χ2v) is 3.15. The monoisotopic (exact) mass is 183 g/mol. The third kappa shape index (κ3) is 4.89. The van der Waals surface area contributed by atoms with Crippen LogP contribution in [-0.4, -0.2) is 37.7 Å². The molecule has 1 aliphatic rings. The molecule has 0 radical (unpaired) electrons. The lowest BCUT2D eigenvalue weighted by Gasteiger charge is -2.17. The molecular weight excluding hydrogens is 166 g/mol. The Morgan fingerprint density at radius 2 is 1.85 bits per heavy atom. The Bertz CT molecular complexity index is 157. The van der Waals surface area contributed by atoms with E-state index in [2.05, 4.69) is 10.8 Å². The lowest BCUT2D eigenvalue weighted by Crippen LogP contribution is -2.28. The predicted molar refractivity (Wildman–Crippen MR) is 51.0 cm³/mol. The fourth-order valence-electron chi connectivity index (χ4n) is 1.35. The summed E-state index contributed by atoms with van der Waals surface area (Å²) in [5.41, 5.74) is 0. The van der Waals surface area contributed by atoms with E-state index in [1.165, 1.54) is 6.42 Å². The van der Waals surface area contributed by atoms with Gasteiger partial charge in [-0.1, -0.05) is 0 Å². The summed E-state index contributed by atoms with van der Waals surface area (Å²) in [6, 6.07) is 0. The molecule has 74 valence electrons. The van der Waals surface area contributed by atoms with Crippen LogP contribution < -0.4 is 0 Å². The van der Waals surface area contributed by atoms with E-state index in [-0.39, 0.29) is 0 Å². The molecule has 0 spiro atoms. The van der Waals surface area contributed by atoms with E-state index in [1.54, 1.807) is 0 Å². The number of rotatable bonds is 4.